The number of alkyl halides is 3. The van der Waals surface area contributed by atoms with Crippen LogP contribution in [0.15, 0.2) is 12.4 Å². The average molecular weight is 349 g/mol. The molecule has 0 fully saturated rings. The second kappa shape index (κ2) is 8.50. The van der Waals surface area contributed by atoms with Gasteiger partial charge in [-0.3, -0.25) is 4.79 Å². The average Bonchev–Trinajstić information content (AvgIpc) is 2.88. The van der Waals surface area contributed by atoms with Crippen LogP contribution < -0.4 is 5.32 Å². The van der Waals surface area contributed by atoms with Gasteiger partial charge in [0.15, 0.2) is 5.82 Å². The standard InChI is InChI=1S/C16H26F3N3O2/c1-4-5-6-7-8-12(2)21-13(23)11-15(24,16(17,18)19)14-20-9-10-22(14)3/h9-10,12,24H,4-8,11H2,1-3H3,(H,21,23). The van der Waals surface area contributed by atoms with Crippen LogP contribution in [0.25, 0.3) is 0 Å². The summed E-state index contributed by atoms with van der Waals surface area (Å²) in [7, 11) is 1.34. The van der Waals surface area contributed by atoms with Crippen molar-refractivity contribution in [2.75, 3.05) is 0 Å². The van der Waals surface area contributed by atoms with E-state index in [1.807, 2.05) is 0 Å². The van der Waals surface area contributed by atoms with Crippen molar-refractivity contribution in [3.05, 3.63) is 18.2 Å². The molecule has 0 saturated carbocycles. The number of nitrogens with zero attached hydrogens (tertiary/aromatic N) is 2. The van der Waals surface area contributed by atoms with E-state index in [1.165, 1.54) is 13.2 Å². The van der Waals surface area contributed by atoms with Crippen molar-refractivity contribution in [1.82, 2.24) is 14.9 Å². The molecule has 1 rings (SSSR count). The third-order valence-corrected chi connectivity index (χ3v) is 3.97. The number of nitrogens with one attached hydrogen (secondary N) is 1. The van der Waals surface area contributed by atoms with Crippen LogP contribution in [0.3, 0.4) is 0 Å². The van der Waals surface area contributed by atoms with Gasteiger partial charge in [0.25, 0.3) is 0 Å². The van der Waals surface area contributed by atoms with Gasteiger partial charge in [0.1, 0.15) is 0 Å². The minimum atomic E-state index is -5.01. The molecule has 0 aromatic carbocycles. The Hall–Kier alpha value is -1.57. The van der Waals surface area contributed by atoms with Crippen molar-refractivity contribution in [1.29, 1.82) is 0 Å². The van der Waals surface area contributed by atoms with Crippen LogP contribution in [0.4, 0.5) is 13.2 Å². The highest BCUT2D eigenvalue weighted by Gasteiger charge is 2.58. The van der Waals surface area contributed by atoms with E-state index in [1.54, 1.807) is 6.92 Å². The molecule has 0 spiro atoms. The van der Waals surface area contributed by atoms with E-state index in [-0.39, 0.29) is 6.04 Å². The first-order valence-corrected chi connectivity index (χ1v) is 8.18. The molecule has 0 aliphatic carbocycles. The van der Waals surface area contributed by atoms with Gasteiger partial charge in [-0.1, -0.05) is 32.6 Å². The Morgan fingerprint density at radius 1 is 1.38 bits per heavy atom. The van der Waals surface area contributed by atoms with E-state index in [4.69, 9.17) is 0 Å². The normalized spacial score (nSPS) is 15.8. The Balaban J connectivity index is 2.71. The summed E-state index contributed by atoms with van der Waals surface area (Å²) in [6, 6.07) is -0.242. The number of halogens is 3. The van der Waals surface area contributed by atoms with Gasteiger partial charge in [-0.2, -0.15) is 13.2 Å². The molecular weight excluding hydrogens is 323 g/mol. The van der Waals surface area contributed by atoms with Crippen LogP contribution in [0.5, 0.6) is 0 Å². The lowest BCUT2D eigenvalue weighted by Crippen LogP contribution is -2.48. The number of rotatable bonds is 9. The second-order valence-corrected chi connectivity index (χ2v) is 6.21. The fraction of sp³-hybridized carbons (Fsp3) is 0.750. The Morgan fingerprint density at radius 2 is 2.04 bits per heavy atom. The molecule has 1 amide bonds. The summed E-state index contributed by atoms with van der Waals surface area (Å²) >= 11 is 0. The summed E-state index contributed by atoms with van der Waals surface area (Å²) < 4.78 is 41.1. The molecule has 2 N–H and O–H groups in total. The van der Waals surface area contributed by atoms with Gasteiger partial charge >= 0.3 is 6.18 Å². The third-order valence-electron chi connectivity index (χ3n) is 3.97. The highest BCUT2D eigenvalue weighted by molar-refractivity contribution is 5.77. The van der Waals surface area contributed by atoms with Crippen LogP contribution >= 0.6 is 0 Å². The topological polar surface area (TPSA) is 67.2 Å². The summed E-state index contributed by atoms with van der Waals surface area (Å²) in [5.74, 6) is -1.44. The van der Waals surface area contributed by atoms with Crippen LogP contribution in [0.2, 0.25) is 0 Å². The maximum Gasteiger partial charge on any atom is 0.425 e. The zero-order valence-electron chi connectivity index (χ0n) is 14.4. The van der Waals surface area contributed by atoms with Crippen molar-refractivity contribution < 1.29 is 23.1 Å². The monoisotopic (exact) mass is 349 g/mol. The number of hydrogen-bond donors (Lipinski definition) is 2. The maximum absolute atomic E-state index is 13.3. The van der Waals surface area contributed by atoms with E-state index in [9.17, 15) is 23.1 Å². The maximum atomic E-state index is 13.3. The Bertz CT molecular complexity index is 531. The molecule has 1 aromatic rings. The van der Waals surface area contributed by atoms with Gasteiger partial charge in [-0.05, 0) is 13.3 Å². The van der Waals surface area contributed by atoms with Crippen LogP contribution in [0, 0.1) is 0 Å². The van der Waals surface area contributed by atoms with Crippen LogP contribution in [-0.2, 0) is 17.4 Å². The SMILES string of the molecule is CCCCCCC(C)NC(=O)CC(O)(c1nccn1C)C(F)(F)F. The second-order valence-electron chi connectivity index (χ2n) is 6.21. The minimum absolute atomic E-state index is 0.242. The van der Waals surface area contributed by atoms with Gasteiger partial charge < -0.3 is 15.0 Å². The van der Waals surface area contributed by atoms with E-state index in [0.29, 0.717) is 6.42 Å². The Morgan fingerprint density at radius 3 is 2.54 bits per heavy atom. The number of unbranched alkanes of at least 4 members (excludes halogenated alkanes) is 3. The Kier molecular flexibility index (Phi) is 7.26. The summed E-state index contributed by atoms with van der Waals surface area (Å²) in [6.07, 6.45) is 1.12. The van der Waals surface area contributed by atoms with E-state index in [2.05, 4.69) is 17.2 Å². The molecule has 0 bridgehead atoms. The highest BCUT2D eigenvalue weighted by atomic mass is 19.4. The van der Waals surface area contributed by atoms with Crippen molar-refractivity contribution in [3.8, 4) is 0 Å². The molecule has 2 unspecified atom stereocenters. The van der Waals surface area contributed by atoms with E-state index < -0.39 is 29.9 Å². The lowest BCUT2D eigenvalue weighted by Gasteiger charge is -2.29. The number of aryl methyl sites for hydroxylation is 1. The first kappa shape index (κ1) is 20.5. The van der Waals surface area contributed by atoms with Crippen molar-refractivity contribution in [3.63, 3.8) is 0 Å². The van der Waals surface area contributed by atoms with Gasteiger partial charge in [0.2, 0.25) is 11.5 Å². The molecule has 138 valence electrons. The number of imidazole rings is 1. The summed E-state index contributed by atoms with van der Waals surface area (Å²) in [6.45, 7) is 3.83. The first-order valence-electron chi connectivity index (χ1n) is 8.18. The Labute approximate surface area is 140 Å². The molecule has 8 heteroatoms. The largest absolute Gasteiger partial charge is 0.425 e. The van der Waals surface area contributed by atoms with E-state index in [0.717, 1.165) is 36.4 Å². The number of aliphatic hydroxyl groups is 1. The van der Waals surface area contributed by atoms with Crippen molar-refractivity contribution in [2.45, 2.75) is 70.2 Å². The fourth-order valence-corrected chi connectivity index (χ4v) is 2.58. The van der Waals surface area contributed by atoms with Crippen LogP contribution in [-0.4, -0.2) is 32.8 Å². The predicted octanol–water partition coefficient (Wildman–Crippen LogP) is 3.04. The zero-order chi connectivity index (χ0) is 18.4. The third kappa shape index (κ3) is 5.22. The number of carbonyl (C=O) groups excluding carboxylic acids is 1. The van der Waals surface area contributed by atoms with Gasteiger partial charge in [-0.25, -0.2) is 4.98 Å². The molecule has 0 radical (unpaired) electrons. The molecule has 1 heterocycles. The number of hydrogen-bond acceptors (Lipinski definition) is 3. The smallest absolute Gasteiger partial charge is 0.374 e. The van der Waals surface area contributed by atoms with Crippen molar-refractivity contribution in [2.24, 2.45) is 7.05 Å². The summed E-state index contributed by atoms with van der Waals surface area (Å²) in [4.78, 5) is 15.6. The van der Waals surface area contributed by atoms with Gasteiger partial charge in [-0.15, -0.1) is 0 Å². The molecule has 24 heavy (non-hydrogen) atoms. The number of carbonyl (C=O) groups is 1. The molecule has 2 atom stereocenters. The van der Waals surface area contributed by atoms with E-state index >= 15 is 0 Å². The van der Waals surface area contributed by atoms with Gasteiger partial charge in [0, 0.05) is 25.5 Å². The molecule has 0 saturated heterocycles. The summed E-state index contributed by atoms with van der Waals surface area (Å²) in [5.41, 5.74) is -3.31. The molecule has 5 nitrogen and oxygen atoms in total. The van der Waals surface area contributed by atoms with Crippen LogP contribution in [0.1, 0.15) is 58.2 Å². The summed E-state index contributed by atoms with van der Waals surface area (Å²) in [5, 5.41) is 12.7. The molecule has 0 aliphatic rings. The highest BCUT2D eigenvalue weighted by Crippen LogP contribution is 2.40. The number of aromatic nitrogens is 2. The lowest BCUT2D eigenvalue weighted by atomic mass is 9.96. The predicted molar refractivity (Wildman–Crippen MR) is 84.1 cm³/mol. The number of amides is 1. The quantitative estimate of drug-likeness (QED) is 0.674. The molecule has 0 aliphatic heterocycles. The lowest BCUT2D eigenvalue weighted by molar-refractivity contribution is -0.271. The minimum Gasteiger partial charge on any atom is -0.374 e. The first-order chi connectivity index (χ1) is 11.1. The molecule has 1 aromatic heterocycles. The fourth-order valence-electron chi connectivity index (χ4n) is 2.58. The van der Waals surface area contributed by atoms with Gasteiger partial charge in [0.05, 0.1) is 6.42 Å². The zero-order valence-corrected chi connectivity index (χ0v) is 14.4. The van der Waals surface area contributed by atoms with Crippen molar-refractivity contribution >= 4 is 5.91 Å². The molecular formula is C16H26F3N3O2.